The number of allylic oxidation sites excluding steroid dienone is 2. The van der Waals surface area contributed by atoms with E-state index in [0.717, 1.165) is 37.9 Å². The average molecular weight is 1060 g/mol. The van der Waals surface area contributed by atoms with Crippen molar-refractivity contribution < 1.29 is 43.7 Å². The Bertz CT molecular complexity index is 2930. The van der Waals surface area contributed by atoms with Crippen molar-refractivity contribution in [2.75, 3.05) is 0 Å². The molecule has 10 rings (SSSR count). The van der Waals surface area contributed by atoms with Crippen molar-refractivity contribution in [1.29, 1.82) is 0 Å². The summed E-state index contributed by atoms with van der Waals surface area (Å²) in [6, 6.07) is 37.7. The van der Waals surface area contributed by atoms with E-state index in [-0.39, 0.29) is 35.4 Å². The van der Waals surface area contributed by atoms with Gasteiger partial charge < -0.3 is 41.9 Å². The van der Waals surface area contributed by atoms with E-state index < -0.39 is 17.2 Å². The predicted molar refractivity (Wildman–Crippen MR) is 280 cm³/mol. The van der Waals surface area contributed by atoms with Crippen LogP contribution in [0.15, 0.2) is 187 Å². The topological polar surface area (TPSA) is 206 Å². The highest BCUT2D eigenvalue weighted by Crippen LogP contribution is 2.32. The minimum Gasteiger partial charge on any atom is -0.367 e. The number of carbonyl (C=O) groups excluding carboxylic acids is 5. The summed E-state index contributed by atoms with van der Waals surface area (Å²) in [6.45, 7) is 14.2. The highest BCUT2D eigenvalue weighted by atomic mass is 79.9. The van der Waals surface area contributed by atoms with Crippen LogP contribution in [-0.4, -0.2) is 62.0 Å². The summed E-state index contributed by atoms with van der Waals surface area (Å²) >= 11 is 9.09. The molecular formula is C56H50BrClFN5O8. The van der Waals surface area contributed by atoms with E-state index in [1.54, 1.807) is 32.1 Å². The first-order chi connectivity index (χ1) is 33.9. The third-order valence-corrected chi connectivity index (χ3v) is 11.9. The fourth-order valence-electron chi connectivity index (χ4n) is 7.63. The quantitative estimate of drug-likeness (QED) is 0.0864. The number of rotatable bonds is 5. The van der Waals surface area contributed by atoms with Gasteiger partial charge >= 0.3 is 0 Å². The Kier molecular flexibility index (Phi) is 16.8. The number of amides is 5. The molecule has 0 spiro atoms. The van der Waals surface area contributed by atoms with Crippen LogP contribution in [0.25, 0.3) is 27.9 Å². The second-order valence-corrected chi connectivity index (χ2v) is 18.5. The van der Waals surface area contributed by atoms with E-state index in [2.05, 4.69) is 55.7 Å². The van der Waals surface area contributed by atoms with Crippen LogP contribution in [-0.2, 0) is 24.0 Å². The molecule has 13 nitrogen and oxygen atoms in total. The van der Waals surface area contributed by atoms with Crippen molar-refractivity contribution in [3.8, 4) is 0 Å². The van der Waals surface area contributed by atoms with Gasteiger partial charge in [-0.15, -0.1) is 0 Å². The molecule has 0 saturated carbocycles. The summed E-state index contributed by atoms with van der Waals surface area (Å²) in [5.74, 6) is -1.44. The lowest BCUT2D eigenvalue weighted by atomic mass is 9.99. The average Bonchev–Trinajstić information content (AvgIpc) is 4.08. The van der Waals surface area contributed by atoms with E-state index in [0.29, 0.717) is 38.7 Å². The second kappa shape index (κ2) is 22.5. The lowest BCUT2D eigenvalue weighted by Crippen LogP contribution is -2.40. The first-order valence-corrected chi connectivity index (χ1v) is 23.2. The maximum atomic E-state index is 12.7. The van der Waals surface area contributed by atoms with Gasteiger partial charge in [0, 0.05) is 79.1 Å². The molecule has 5 aromatic carbocycles. The molecule has 8 N–H and O–H groups in total. The monoisotopic (exact) mass is 1050 g/mol. The van der Waals surface area contributed by atoms with E-state index >= 15 is 0 Å². The van der Waals surface area contributed by atoms with Crippen LogP contribution >= 0.6 is 27.5 Å². The van der Waals surface area contributed by atoms with Gasteiger partial charge in [0.05, 0.1) is 0 Å². The normalized spacial score (nSPS) is 21.4. The van der Waals surface area contributed by atoms with Crippen molar-refractivity contribution in [1.82, 2.24) is 26.6 Å². The molecular weight excluding hydrogens is 1000 g/mol. The molecule has 3 atom stereocenters. The van der Waals surface area contributed by atoms with Gasteiger partial charge in [-0.3, -0.25) is 24.0 Å². The zero-order valence-electron chi connectivity index (χ0n) is 39.4. The van der Waals surface area contributed by atoms with Crippen molar-refractivity contribution >= 4 is 84.9 Å². The van der Waals surface area contributed by atoms with Crippen LogP contribution in [0.4, 0.5) is 4.39 Å². The minimum atomic E-state index is -1.38. The number of aliphatic hydroxyl groups is 3. The molecule has 0 radical (unpaired) electrons. The first-order valence-electron chi connectivity index (χ1n) is 22.0. The van der Waals surface area contributed by atoms with Gasteiger partial charge in [0.2, 0.25) is 29.5 Å². The maximum Gasteiger partial charge on any atom is 0.249 e. The molecule has 16 heteroatoms. The van der Waals surface area contributed by atoms with Crippen LogP contribution in [0.1, 0.15) is 54.2 Å². The molecule has 0 fully saturated rings. The van der Waals surface area contributed by atoms with Crippen molar-refractivity contribution in [3.63, 3.8) is 0 Å². The fourth-order valence-corrected chi connectivity index (χ4v) is 8.02. The summed E-state index contributed by atoms with van der Waals surface area (Å²) in [6.07, 6.45) is 7.27. The summed E-state index contributed by atoms with van der Waals surface area (Å²) in [5.41, 5.74) is 6.28. The van der Waals surface area contributed by atoms with Gasteiger partial charge in [-0.2, -0.15) is 0 Å². The number of aryl methyl sites for hydroxylation is 1. The Morgan fingerprint density at radius 1 is 0.472 bits per heavy atom. The highest BCUT2D eigenvalue weighted by Gasteiger charge is 2.36. The molecule has 72 heavy (non-hydrogen) atoms. The summed E-state index contributed by atoms with van der Waals surface area (Å²) in [4.78, 5) is 55.4. The number of carbonyl (C=O) groups is 5. The Balaban J connectivity index is 0.000000147. The Hall–Kier alpha value is -7.79. The first kappa shape index (κ1) is 53.6. The number of halogens is 3. The van der Waals surface area contributed by atoms with Gasteiger partial charge in [0.25, 0.3) is 0 Å². The van der Waals surface area contributed by atoms with Crippen molar-refractivity contribution in [3.05, 3.63) is 231 Å². The largest absolute Gasteiger partial charge is 0.367 e. The molecule has 5 aliphatic heterocycles. The van der Waals surface area contributed by atoms with Gasteiger partial charge in [0.1, 0.15) is 5.82 Å². The Morgan fingerprint density at radius 2 is 0.806 bits per heavy atom. The number of benzene rings is 5. The lowest BCUT2D eigenvalue weighted by Gasteiger charge is -2.21. The Labute approximate surface area is 429 Å². The Morgan fingerprint density at radius 3 is 1.14 bits per heavy atom. The van der Waals surface area contributed by atoms with Gasteiger partial charge in [-0.1, -0.05) is 137 Å². The molecule has 0 aromatic heterocycles. The number of nitrogens with one attached hydrogen (secondary N) is 5. The molecule has 368 valence electrons. The highest BCUT2D eigenvalue weighted by molar-refractivity contribution is 9.10. The third kappa shape index (κ3) is 14.0. The van der Waals surface area contributed by atoms with Crippen LogP contribution in [0, 0.1) is 12.7 Å². The molecule has 5 aliphatic rings. The summed E-state index contributed by atoms with van der Waals surface area (Å²) < 4.78 is 13.6. The van der Waals surface area contributed by atoms with Crippen LogP contribution < -0.4 is 26.6 Å². The smallest absolute Gasteiger partial charge is 0.249 e. The van der Waals surface area contributed by atoms with Crippen molar-refractivity contribution in [2.24, 2.45) is 0 Å². The molecule has 3 unspecified atom stereocenters. The van der Waals surface area contributed by atoms with E-state index in [1.807, 2.05) is 97.9 Å². The fraction of sp³-hybridized carbons (Fsp3) is 0.125. The standard InChI is InChI=1S/C12H11NO.C11H10BrNO2.C11H8ClNO.C11H10FNO2.C11H11NO2/c1-8-3-5-10(6-4-8)11-7-12(14)13-9(11)2;1-11(15)9(6-10(14)13-11)7-2-4-8(12)5-3-7;1-7-10(6-11(14)13-7)8-2-4-9(12)5-3-8;1-11(15)9(6-10(14)13-11)7-2-4-8(12)5-3-7;1-11(14)9(7-10(13)12-11)8-5-3-2-4-6-8/h3-7H,2H2,1H3,(H,13,14);2-6,15H,1H3,(H,13,14);2-6H,1H2,(H,13,14);2-6,15H,1H3,(H,13,14);2-7,14H,1H3,(H,12,13). The molecule has 0 bridgehead atoms. The molecule has 0 aliphatic carbocycles. The molecule has 0 saturated heterocycles. The SMILES string of the molecule is C=C1NC(=O)C=C1c1ccc(C)cc1.C=C1NC(=O)C=C1c1ccc(Cl)cc1.CC1(O)NC(=O)C=C1c1ccc(Br)cc1.CC1(O)NC(=O)C=C1c1ccc(F)cc1.CC1(O)NC(=O)C=C1c1ccccc1. The zero-order valence-corrected chi connectivity index (χ0v) is 41.8. The zero-order chi connectivity index (χ0) is 52.5. The van der Waals surface area contributed by atoms with Crippen LogP contribution in [0.5, 0.6) is 0 Å². The number of hydrogen-bond donors (Lipinski definition) is 8. The van der Waals surface area contributed by atoms with Gasteiger partial charge in [-0.25, -0.2) is 4.39 Å². The minimum absolute atomic E-state index is 0.0921. The summed E-state index contributed by atoms with van der Waals surface area (Å²) in [5, 5.41) is 42.9. The van der Waals surface area contributed by atoms with Gasteiger partial charge in [-0.05, 0) is 91.9 Å². The van der Waals surface area contributed by atoms with Crippen LogP contribution in [0.3, 0.4) is 0 Å². The number of hydrogen-bond acceptors (Lipinski definition) is 8. The molecule has 5 heterocycles. The van der Waals surface area contributed by atoms with E-state index in [4.69, 9.17) is 11.6 Å². The van der Waals surface area contributed by atoms with E-state index in [1.165, 1.54) is 61.1 Å². The third-order valence-electron chi connectivity index (χ3n) is 11.2. The van der Waals surface area contributed by atoms with Crippen LogP contribution in [0.2, 0.25) is 5.02 Å². The van der Waals surface area contributed by atoms with E-state index in [9.17, 15) is 43.7 Å². The van der Waals surface area contributed by atoms with Crippen molar-refractivity contribution in [2.45, 2.75) is 44.9 Å². The predicted octanol–water partition coefficient (Wildman–Crippen LogP) is 8.02. The summed E-state index contributed by atoms with van der Waals surface area (Å²) in [7, 11) is 0. The second-order valence-electron chi connectivity index (χ2n) is 17.2. The maximum absolute atomic E-state index is 12.7. The molecule has 5 aromatic rings. The molecule has 5 amide bonds. The lowest BCUT2D eigenvalue weighted by molar-refractivity contribution is -0.120. The van der Waals surface area contributed by atoms with Gasteiger partial charge in [0.15, 0.2) is 17.2 Å².